The van der Waals surface area contributed by atoms with Crippen LogP contribution in [0.5, 0.6) is 0 Å². The predicted molar refractivity (Wildman–Crippen MR) is 110 cm³/mol. The van der Waals surface area contributed by atoms with Crippen LogP contribution in [0.25, 0.3) is 11.2 Å². The Morgan fingerprint density at radius 3 is 2.40 bits per heavy atom. The van der Waals surface area contributed by atoms with Gasteiger partial charge in [-0.2, -0.15) is 4.31 Å². The fourth-order valence-corrected chi connectivity index (χ4v) is 6.72. The molecule has 0 spiro atoms. The maximum absolute atomic E-state index is 12.2. The van der Waals surface area contributed by atoms with Crippen LogP contribution >= 0.6 is 15.6 Å². The van der Waals surface area contributed by atoms with Crippen molar-refractivity contribution in [3.05, 3.63) is 12.7 Å². The summed E-state index contributed by atoms with van der Waals surface area (Å²) in [5.74, 6) is -0.815. The van der Waals surface area contributed by atoms with Gasteiger partial charge in [0.2, 0.25) is 12.0 Å². The van der Waals surface area contributed by atoms with Gasteiger partial charge in [-0.1, -0.05) is 4.98 Å². The maximum Gasteiger partial charge on any atom is 0.481 e. The number of nitrogen functional groups attached to an aromatic ring is 1. The van der Waals surface area contributed by atoms with Gasteiger partial charge in [0.15, 0.2) is 11.7 Å². The van der Waals surface area contributed by atoms with Gasteiger partial charge in [0, 0.05) is 5.92 Å². The number of hydrogen-bond acceptors (Lipinski definition) is 13. The van der Waals surface area contributed by atoms with Crippen molar-refractivity contribution in [3.8, 4) is 0 Å². The first kappa shape index (κ1) is 25.1. The zero-order chi connectivity index (χ0) is 25.3. The lowest BCUT2D eigenvalue weighted by Crippen LogP contribution is -2.48. The second-order valence-corrected chi connectivity index (χ2v) is 11.6. The Morgan fingerprint density at radius 2 is 1.69 bits per heavy atom. The molecule has 0 radical (unpaired) electrons. The number of ether oxygens (including phenoxy) is 1. The van der Waals surface area contributed by atoms with E-state index in [0.717, 1.165) is 0 Å². The Morgan fingerprint density at radius 1 is 1.00 bits per heavy atom. The highest BCUT2D eigenvalue weighted by molar-refractivity contribution is 7.61. The van der Waals surface area contributed by atoms with Crippen molar-refractivity contribution in [3.63, 3.8) is 0 Å². The molecule has 17 nitrogen and oxygen atoms in total. The molecule has 1 saturated heterocycles. The Balaban J connectivity index is 1.57. The number of fused-ring (bicyclic) bond motifs is 7. The zero-order valence-corrected chi connectivity index (χ0v) is 19.6. The van der Waals surface area contributed by atoms with E-state index in [9.17, 15) is 39.3 Å². The fourth-order valence-electron chi connectivity index (χ4n) is 4.59. The molecule has 8 N–H and O–H groups in total. The topological polar surface area (TPSA) is 253 Å². The molecule has 8 bridgehead atoms. The van der Waals surface area contributed by atoms with Crippen LogP contribution in [-0.4, -0.2) is 88.5 Å². The minimum atomic E-state index is -5.20. The molecule has 2 fully saturated rings. The van der Waals surface area contributed by atoms with Gasteiger partial charge in [-0.05, 0) is 6.42 Å². The Kier molecular flexibility index (Phi) is 6.28. The summed E-state index contributed by atoms with van der Waals surface area (Å²) in [7, 11) is -10.4. The summed E-state index contributed by atoms with van der Waals surface area (Å²) in [6.07, 6.45) is -5.93. The van der Waals surface area contributed by atoms with E-state index >= 15 is 0 Å². The molecule has 0 aromatic carbocycles. The molecule has 10 atom stereocenters. The number of nitrogens with zero attached hydrogens (tertiary/aromatic N) is 4. The van der Waals surface area contributed by atoms with Crippen LogP contribution in [0.3, 0.4) is 0 Å². The average molecular weight is 540 g/mol. The second kappa shape index (κ2) is 8.76. The number of aromatic nitrogens is 4. The number of phosphoric acid groups is 2. The number of phosphoric ester groups is 2. The second-order valence-electron chi connectivity index (χ2n) is 8.56. The van der Waals surface area contributed by atoms with E-state index in [1.807, 2.05) is 0 Å². The van der Waals surface area contributed by atoms with Crippen LogP contribution in [0.4, 0.5) is 5.82 Å². The van der Waals surface area contributed by atoms with Crippen molar-refractivity contribution >= 4 is 32.6 Å². The smallest absolute Gasteiger partial charge is 0.390 e. The highest BCUT2D eigenvalue weighted by atomic mass is 31.3. The molecule has 5 heterocycles. The molecular formula is C16H24N5O12P2+. The molecule has 0 amide bonds. The van der Waals surface area contributed by atoms with E-state index in [1.165, 1.54) is 21.8 Å². The molecule has 35 heavy (non-hydrogen) atoms. The van der Waals surface area contributed by atoms with Gasteiger partial charge in [-0.25, -0.2) is 18.7 Å². The zero-order valence-electron chi connectivity index (χ0n) is 17.8. The number of aliphatic hydroxyl groups is 4. The van der Waals surface area contributed by atoms with Gasteiger partial charge in [0.25, 0.3) is 5.82 Å². The van der Waals surface area contributed by atoms with E-state index in [2.05, 4.69) is 18.8 Å². The molecule has 194 valence electrons. The average Bonchev–Trinajstić information content (AvgIpc) is 3.41. The van der Waals surface area contributed by atoms with E-state index in [1.54, 1.807) is 0 Å². The first-order valence-electron chi connectivity index (χ1n) is 10.4. The predicted octanol–water partition coefficient (Wildman–Crippen LogP) is -2.53. The summed E-state index contributed by atoms with van der Waals surface area (Å²) >= 11 is 0. The number of rotatable bonds is 0. The summed E-state index contributed by atoms with van der Waals surface area (Å²) in [5, 5.41) is 41.9. The van der Waals surface area contributed by atoms with Crippen molar-refractivity contribution in [1.29, 1.82) is 0 Å². The van der Waals surface area contributed by atoms with E-state index in [-0.39, 0.29) is 23.4 Å². The molecule has 3 aliphatic heterocycles. The summed E-state index contributed by atoms with van der Waals surface area (Å²) < 4.78 is 46.4. The number of nitrogens with two attached hydrogens (primary N) is 1. The molecule has 2 unspecified atom stereocenters. The van der Waals surface area contributed by atoms with Crippen molar-refractivity contribution in [2.24, 2.45) is 5.92 Å². The van der Waals surface area contributed by atoms with Crippen molar-refractivity contribution in [2.45, 2.75) is 49.2 Å². The number of imidazole rings is 1. The van der Waals surface area contributed by atoms with E-state index < -0.39 is 77.6 Å². The highest BCUT2D eigenvalue weighted by Gasteiger charge is 2.49. The molecule has 2 aromatic heterocycles. The van der Waals surface area contributed by atoms with Crippen LogP contribution in [0.15, 0.2) is 12.7 Å². The molecular weight excluding hydrogens is 516 g/mol. The SMILES string of the molecule is Nc1c2ncn3c2nc[n+]1[C@@H]1C[C@H](COP(=O)(O)OP(=O)(O)OC[C@H]2O[C@@H]3[C@H](O)[C@@H]2O)[C@H](O)[C@H]1O. The lowest BCUT2D eigenvalue weighted by atomic mass is 10.1. The van der Waals surface area contributed by atoms with Crippen molar-refractivity contribution < 1.29 is 62.0 Å². The lowest BCUT2D eigenvalue weighted by molar-refractivity contribution is -0.717. The van der Waals surface area contributed by atoms with E-state index in [0.29, 0.717) is 0 Å². The van der Waals surface area contributed by atoms with Crippen LogP contribution in [-0.2, 0) is 27.2 Å². The van der Waals surface area contributed by atoms with Crippen molar-refractivity contribution in [1.82, 2.24) is 14.5 Å². The molecule has 19 heteroatoms. The van der Waals surface area contributed by atoms with Crippen LogP contribution < -0.4 is 10.3 Å². The van der Waals surface area contributed by atoms with Gasteiger partial charge in [0.05, 0.1) is 19.3 Å². The number of anilines is 1. The molecule has 1 saturated carbocycles. The Hall–Kier alpha value is -1.59. The van der Waals surface area contributed by atoms with Crippen LogP contribution in [0.1, 0.15) is 18.7 Å². The van der Waals surface area contributed by atoms with Crippen molar-refractivity contribution in [2.75, 3.05) is 18.9 Å². The monoisotopic (exact) mass is 540 g/mol. The van der Waals surface area contributed by atoms with Gasteiger partial charge < -0.3 is 40.7 Å². The Labute approximate surface area is 196 Å². The largest absolute Gasteiger partial charge is 0.481 e. The molecule has 4 aliphatic rings. The lowest BCUT2D eigenvalue weighted by Gasteiger charge is -2.20. The molecule has 6 rings (SSSR count). The normalized spacial score (nSPS) is 44.6. The quantitative estimate of drug-likeness (QED) is 0.134. The summed E-state index contributed by atoms with van der Waals surface area (Å²) in [6, 6.07) is -0.828. The minimum Gasteiger partial charge on any atom is -0.390 e. The Bertz CT molecular complexity index is 1230. The maximum atomic E-state index is 12.2. The van der Waals surface area contributed by atoms with Gasteiger partial charge in [0.1, 0.15) is 36.8 Å². The molecule has 2 aromatic rings. The van der Waals surface area contributed by atoms with Gasteiger partial charge in [-0.15, -0.1) is 0 Å². The highest BCUT2D eigenvalue weighted by Crippen LogP contribution is 2.61. The fraction of sp³-hybridized carbons (Fsp3) is 0.688. The third kappa shape index (κ3) is 4.41. The van der Waals surface area contributed by atoms with Crippen LogP contribution in [0.2, 0.25) is 0 Å². The standard InChI is InChI=1S/C16H23N5O12P2/c17-14-9-15-19-5-20(14)7-1-6(10(22)11(7)23)2-30-34(26,27)33-35(28,29)31-3-8-12(24)13(25)16(32-8)21(15)4-18-9/h4-8,10-13,16-17,22-25H,1-3H2,(H2,26,27,28,29)/p+1/t6-,7-,8-,10+,11+,12-,13-,16-/m1/s1. The summed E-state index contributed by atoms with van der Waals surface area (Å²) in [6.45, 7) is -1.43. The van der Waals surface area contributed by atoms with Crippen LogP contribution in [0, 0.1) is 5.92 Å². The first-order valence-corrected chi connectivity index (χ1v) is 13.4. The van der Waals surface area contributed by atoms with Gasteiger partial charge in [-0.3, -0.25) is 13.6 Å². The first-order chi connectivity index (χ1) is 16.4. The number of aliphatic hydroxyl groups excluding tert-OH is 4. The van der Waals surface area contributed by atoms with E-state index in [4.69, 9.17) is 15.0 Å². The van der Waals surface area contributed by atoms with Gasteiger partial charge >= 0.3 is 15.6 Å². The minimum absolute atomic E-state index is 0.0245. The summed E-state index contributed by atoms with van der Waals surface area (Å²) in [5.41, 5.74) is 6.61. The molecule has 1 aliphatic carbocycles. The summed E-state index contributed by atoms with van der Waals surface area (Å²) in [4.78, 5) is 28.2. The third-order valence-electron chi connectivity index (χ3n) is 6.39. The third-order valence-corrected chi connectivity index (χ3v) is 8.99. The number of hydrogen-bond donors (Lipinski definition) is 7.